The number of terminal acetylenes is 1. The lowest BCUT2D eigenvalue weighted by Gasteiger charge is -2.13. The molecule has 23 heavy (non-hydrogen) atoms. The maximum Gasteiger partial charge on any atom is 0.348 e. The summed E-state index contributed by atoms with van der Waals surface area (Å²) >= 11 is 6.17. The van der Waals surface area contributed by atoms with Gasteiger partial charge in [0, 0.05) is 0 Å². The molecule has 0 unspecified atom stereocenters. The minimum atomic E-state index is -0.697. The van der Waals surface area contributed by atoms with Crippen molar-refractivity contribution in [3.8, 4) is 29.9 Å². The second-order valence-corrected chi connectivity index (χ2v) is 4.55. The third-order valence-corrected chi connectivity index (χ3v) is 2.84. The van der Waals surface area contributed by atoms with Gasteiger partial charge >= 0.3 is 5.97 Å². The molecular weight excluding hydrogens is 318 g/mol. The zero-order valence-corrected chi connectivity index (χ0v) is 13.6. The number of halogens is 1. The van der Waals surface area contributed by atoms with Crippen LogP contribution in [0.25, 0.3) is 6.08 Å². The van der Waals surface area contributed by atoms with Crippen LogP contribution in [0.1, 0.15) is 19.4 Å². The molecule has 1 aromatic rings. The topological polar surface area (TPSA) is 68.5 Å². The van der Waals surface area contributed by atoms with Gasteiger partial charge in [0.2, 0.25) is 0 Å². The van der Waals surface area contributed by atoms with E-state index >= 15 is 0 Å². The van der Waals surface area contributed by atoms with Crippen LogP contribution in [0.5, 0.6) is 11.5 Å². The Bertz CT molecular complexity index is 683. The highest BCUT2D eigenvalue weighted by Gasteiger charge is 2.14. The van der Waals surface area contributed by atoms with Gasteiger partial charge in [-0.1, -0.05) is 17.5 Å². The number of nitriles is 1. The molecule has 0 saturated heterocycles. The maximum absolute atomic E-state index is 11.7. The van der Waals surface area contributed by atoms with Crippen LogP contribution in [0.15, 0.2) is 17.7 Å². The predicted octanol–water partition coefficient (Wildman–Crippen LogP) is 3.22. The second kappa shape index (κ2) is 9.40. The Morgan fingerprint density at radius 2 is 2.09 bits per heavy atom. The fourth-order valence-electron chi connectivity index (χ4n) is 1.70. The molecule has 0 radical (unpaired) electrons. The first kappa shape index (κ1) is 18.4. The predicted molar refractivity (Wildman–Crippen MR) is 87.2 cm³/mol. The van der Waals surface area contributed by atoms with E-state index in [-0.39, 0.29) is 23.8 Å². The number of esters is 1. The second-order valence-electron chi connectivity index (χ2n) is 4.15. The van der Waals surface area contributed by atoms with E-state index in [1.54, 1.807) is 32.0 Å². The van der Waals surface area contributed by atoms with E-state index < -0.39 is 5.97 Å². The van der Waals surface area contributed by atoms with E-state index in [9.17, 15) is 4.79 Å². The Hall–Kier alpha value is -2.63. The van der Waals surface area contributed by atoms with Gasteiger partial charge < -0.3 is 14.2 Å². The van der Waals surface area contributed by atoms with Crippen LogP contribution < -0.4 is 9.47 Å². The summed E-state index contributed by atoms with van der Waals surface area (Å²) in [5.41, 5.74) is 0.374. The molecule has 0 atom stereocenters. The Morgan fingerprint density at radius 1 is 1.35 bits per heavy atom. The molecule has 6 heteroatoms. The normalized spacial score (nSPS) is 10.4. The van der Waals surface area contributed by atoms with E-state index in [0.717, 1.165) is 0 Å². The number of carbonyl (C=O) groups is 1. The number of carbonyl (C=O) groups excluding carboxylic acids is 1. The average Bonchev–Trinajstić information content (AvgIpc) is 2.52. The first-order valence-corrected chi connectivity index (χ1v) is 7.26. The van der Waals surface area contributed by atoms with Crippen molar-refractivity contribution in [1.82, 2.24) is 0 Å². The van der Waals surface area contributed by atoms with Gasteiger partial charge in [-0.25, -0.2) is 4.79 Å². The third-order valence-electron chi connectivity index (χ3n) is 2.56. The number of benzene rings is 1. The van der Waals surface area contributed by atoms with Gasteiger partial charge in [0.05, 0.1) is 18.2 Å². The molecule has 0 spiro atoms. The standard InChI is InChI=1S/C17H16ClNO4/c1-4-7-23-16-14(18)9-12(10-15(16)21-5-2)8-13(11-19)17(20)22-6-3/h1,8-10H,5-7H2,2-3H3/b13-8+. The van der Waals surface area contributed by atoms with Gasteiger partial charge in [-0.15, -0.1) is 6.42 Å². The summed E-state index contributed by atoms with van der Waals surface area (Å²) < 4.78 is 15.7. The van der Waals surface area contributed by atoms with E-state index in [1.807, 2.05) is 0 Å². The molecule has 0 N–H and O–H groups in total. The van der Waals surface area contributed by atoms with Crippen molar-refractivity contribution < 1.29 is 19.0 Å². The molecule has 0 aliphatic heterocycles. The van der Waals surface area contributed by atoms with Crippen LogP contribution >= 0.6 is 11.6 Å². The molecular formula is C17H16ClNO4. The molecule has 1 rings (SSSR count). The number of rotatable bonds is 7. The summed E-state index contributed by atoms with van der Waals surface area (Å²) in [6, 6.07) is 4.96. The van der Waals surface area contributed by atoms with Crippen molar-refractivity contribution >= 4 is 23.6 Å². The minimum absolute atomic E-state index is 0.0429. The number of hydrogen-bond donors (Lipinski definition) is 0. The van der Waals surface area contributed by atoms with Gasteiger partial charge in [-0.3, -0.25) is 0 Å². The molecule has 120 valence electrons. The molecule has 0 fully saturated rings. The van der Waals surface area contributed by atoms with E-state index in [4.69, 9.17) is 37.5 Å². The molecule has 1 aromatic carbocycles. The molecule has 0 heterocycles. The van der Waals surface area contributed by atoms with Crippen molar-refractivity contribution in [1.29, 1.82) is 5.26 Å². The molecule has 0 saturated carbocycles. The van der Waals surface area contributed by atoms with Crippen LogP contribution in [0.3, 0.4) is 0 Å². The van der Waals surface area contributed by atoms with Crippen molar-refractivity contribution in [3.63, 3.8) is 0 Å². The highest BCUT2D eigenvalue weighted by atomic mass is 35.5. The lowest BCUT2D eigenvalue weighted by molar-refractivity contribution is -0.137. The van der Waals surface area contributed by atoms with Crippen molar-refractivity contribution in [3.05, 3.63) is 28.3 Å². The highest BCUT2D eigenvalue weighted by Crippen LogP contribution is 2.37. The zero-order valence-electron chi connectivity index (χ0n) is 12.9. The first-order chi connectivity index (χ1) is 11.1. The average molecular weight is 334 g/mol. The van der Waals surface area contributed by atoms with Crippen LogP contribution in [-0.2, 0) is 9.53 Å². The van der Waals surface area contributed by atoms with E-state index in [0.29, 0.717) is 23.7 Å². The number of ether oxygens (including phenoxy) is 3. The highest BCUT2D eigenvalue weighted by molar-refractivity contribution is 6.32. The summed E-state index contributed by atoms with van der Waals surface area (Å²) in [4.78, 5) is 11.7. The molecule has 0 aliphatic rings. The van der Waals surface area contributed by atoms with Gasteiger partial charge in [-0.2, -0.15) is 5.26 Å². The molecule has 0 bridgehead atoms. The van der Waals surface area contributed by atoms with Crippen LogP contribution in [0, 0.1) is 23.7 Å². The largest absolute Gasteiger partial charge is 0.490 e. The quantitative estimate of drug-likeness (QED) is 0.332. The van der Waals surface area contributed by atoms with Crippen molar-refractivity contribution in [2.75, 3.05) is 19.8 Å². The summed E-state index contributed by atoms with van der Waals surface area (Å²) in [5, 5.41) is 9.33. The van der Waals surface area contributed by atoms with Crippen molar-refractivity contribution in [2.45, 2.75) is 13.8 Å². The monoisotopic (exact) mass is 333 g/mol. The molecule has 0 aromatic heterocycles. The summed E-state index contributed by atoms with van der Waals surface area (Å²) in [7, 11) is 0. The van der Waals surface area contributed by atoms with Gasteiger partial charge in [-0.05, 0) is 37.6 Å². The van der Waals surface area contributed by atoms with Gasteiger partial charge in [0.1, 0.15) is 18.2 Å². The Balaban J connectivity index is 3.25. The first-order valence-electron chi connectivity index (χ1n) is 6.88. The van der Waals surface area contributed by atoms with Crippen LogP contribution in [0.2, 0.25) is 5.02 Å². The molecule has 5 nitrogen and oxygen atoms in total. The third kappa shape index (κ3) is 5.25. The summed E-state index contributed by atoms with van der Waals surface area (Å²) in [6.45, 7) is 4.08. The van der Waals surface area contributed by atoms with Gasteiger partial charge in [0.25, 0.3) is 0 Å². The van der Waals surface area contributed by atoms with Gasteiger partial charge in [0.15, 0.2) is 11.5 Å². The zero-order chi connectivity index (χ0) is 17.2. The maximum atomic E-state index is 11.7. The number of nitrogens with zero attached hydrogens (tertiary/aromatic N) is 1. The minimum Gasteiger partial charge on any atom is -0.490 e. The fraction of sp³-hybridized carbons (Fsp3) is 0.294. The van der Waals surface area contributed by atoms with Crippen LogP contribution in [-0.4, -0.2) is 25.8 Å². The lowest BCUT2D eigenvalue weighted by Crippen LogP contribution is -2.06. The number of hydrogen-bond acceptors (Lipinski definition) is 5. The Morgan fingerprint density at radius 3 is 2.65 bits per heavy atom. The van der Waals surface area contributed by atoms with E-state index in [2.05, 4.69) is 5.92 Å². The SMILES string of the molecule is C#CCOc1c(Cl)cc(/C=C(\C#N)C(=O)OCC)cc1OCC. The molecule has 0 amide bonds. The lowest BCUT2D eigenvalue weighted by atomic mass is 10.1. The molecule has 0 aliphatic carbocycles. The smallest absolute Gasteiger partial charge is 0.348 e. The summed E-state index contributed by atoms with van der Waals surface area (Å²) in [6.07, 6.45) is 6.54. The Kier molecular flexibility index (Phi) is 7.53. The fourth-order valence-corrected chi connectivity index (χ4v) is 1.97. The van der Waals surface area contributed by atoms with Crippen molar-refractivity contribution in [2.24, 2.45) is 0 Å². The van der Waals surface area contributed by atoms with E-state index in [1.165, 1.54) is 6.08 Å². The Labute approximate surface area is 140 Å². The summed E-state index contributed by atoms with van der Waals surface area (Å²) in [5.74, 6) is 2.34. The van der Waals surface area contributed by atoms with Crippen LogP contribution in [0.4, 0.5) is 0 Å².